The predicted octanol–water partition coefficient (Wildman–Crippen LogP) is 1.72. The highest BCUT2D eigenvalue weighted by atomic mass is 16.5. The lowest BCUT2D eigenvalue weighted by Crippen LogP contribution is -2.12. The topological polar surface area (TPSA) is 86.5 Å². The predicted molar refractivity (Wildman–Crippen MR) is 76.6 cm³/mol. The molecule has 0 bridgehead atoms. The van der Waals surface area contributed by atoms with Crippen LogP contribution in [0.3, 0.4) is 0 Å². The molecule has 0 saturated carbocycles. The van der Waals surface area contributed by atoms with Gasteiger partial charge in [-0.1, -0.05) is 13.8 Å². The lowest BCUT2D eigenvalue weighted by Gasteiger charge is -2.11. The maximum atomic E-state index is 11.3. The zero-order chi connectivity index (χ0) is 15.4. The summed E-state index contributed by atoms with van der Waals surface area (Å²) >= 11 is 0. The fourth-order valence-corrected chi connectivity index (χ4v) is 1.90. The third-order valence-electron chi connectivity index (χ3n) is 2.87. The van der Waals surface area contributed by atoms with Crippen LogP contribution in [0.2, 0.25) is 0 Å². The Morgan fingerprint density at radius 1 is 1.38 bits per heavy atom. The smallest absolute Gasteiger partial charge is 0.341 e. The van der Waals surface area contributed by atoms with Gasteiger partial charge in [-0.05, 0) is 5.92 Å². The summed E-state index contributed by atoms with van der Waals surface area (Å²) in [6.07, 6.45) is 2.84. The van der Waals surface area contributed by atoms with Gasteiger partial charge in [0.2, 0.25) is 0 Å². The normalized spacial score (nSPS) is 11.2. The number of carbonyl (C=O) groups is 1. The summed E-state index contributed by atoms with van der Waals surface area (Å²) in [6, 6.07) is 0. The lowest BCUT2D eigenvalue weighted by atomic mass is 10.2. The summed E-state index contributed by atoms with van der Waals surface area (Å²) in [7, 11) is 1.74. The fraction of sp³-hybridized carbons (Fsp3) is 0.500. The van der Waals surface area contributed by atoms with Gasteiger partial charge in [0.15, 0.2) is 5.65 Å². The SMILES string of the molecule is CC(C)COCCOc1c(C(=O)O)cnc2c1cnn2C. The zero-order valence-electron chi connectivity index (χ0n) is 12.4. The summed E-state index contributed by atoms with van der Waals surface area (Å²) in [5, 5.41) is 13.9. The van der Waals surface area contributed by atoms with E-state index in [0.29, 0.717) is 30.2 Å². The maximum Gasteiger partial charge on any atom is 0.341 e. The fourth-order valence-electron chi connectivity index (χ4n) is 1.90. The van der Waals surface area contributed by atoms with Crippen molar-refractivity contribution in [1.82, 2.24) is 14.8 Å². The van der Waals surface area contributed by atoms with Crippen molar-refractivity contribution < 1.29 is 19.4 Å². The summed E-state index contributed by atoms with van der Waals surface area (Å²) in [6.45, 7) is 5.45. The molecule has 0 aromatic carbocycles. The summed E-state index contributed by atoms with van der Waals surface area (Å²) < 4.78 is 12.6. The molecule has 114 valence electrons. The van der Waals surface area contributed by atoms with Crippen molar-refractivity contribution in [3.05, 3.63) is 18.0 Å². The zero-order valence-corrected chi connectivity index (χ0v) is 12.4. The monoisotopic (exact) mass is 293 g/mol. The van der Waals surface area contributed by atoms with E-state index in [-0.39, 0.29) is 17.9 Å². The first-order valence-corrected chi connectivity index (χ1v) is 6.75. The second-order valence-corrected chi connectivity index (χ2v) is 5.13. The van der Waals surface area contributed by atoms with Gasteiger partial charge in [0.05, 0.1) is 18.2 Å². The number of aromatic nitrogens is 3. The third kappa shape index (κ3) is 3.49. The Hall–Kier alpha value is -2.15. The number of hydrogen-bond donors (Lipinski definition) is 1. The largest absolute Gasteiger partial charge is 0.489 e. The number of pyridine rings is 1. The van der Waals surface area contributed by atoms with Gasteiger partial charge in [-0.3, -0.25) is 4.68 Å². The van der Waals surface area contributed by atoms with E-state index in [1.807, 2.05) is 0 Å². The number of fused-ring (bicyclic) bond motifs is 1. The number of carboxylic acids is 1. The van der Waals surface area contributed by atoms with Gasteiger partial charge in [-0.25, -0.2) is 9.78 Å². The van der Waals surface area contributed by atoms with Crippen LogP contribution in [0, 0.1) is 5.92 Å². The summed E-state index contributed by atoms with van der Waals surface area (Å²) in [4.78, 5) is 15.4. The van der Waals surface area contributed by atoms with Crippen molar-refractivity contribution in [2.24, 2.45) is 13.0 Å². The van der Waals surface area contributed by atoms with Crippen molar-refractivity contribution in [2.75, 3.05) is 19.8 Å². The molecule has 0 saturated heterocycles. The van der Waals surface area contributed by atoms with Crippen molar-refractivity contribution in [2.45, 2.75) is 13.8 Å². The highest BCUT2D eigenvalue weighted by Gasteiger charge is 2.18. The second kappa shape index (κ2) is 6.53. The Kier molecular flexibility index (Phi) is 4.74. The van der Waals surface area contributed by atoms with Crippen LogP contribution in [0.4, 0.5) is 0 Å². The van der Waals surface area contributed by atoms with Crippen LogP contribution < -0.4 is 4.74 Å². The third-order valence-corrected chi connectivity index (χ3v) is 2.87. The van der Waals surface area contributed by atoms with E-state index in [1.54, 1.807) is 17.9 Å². The first-order chi connectivity index (χ1) is 10.0. The number of rotatable bonds is 7. The molecule has 2 aromatic rings. The quantitative estimate of drug-likeness (QED) is 0.782. The molecule has 1 N–H and O–H groups in total. The molecule has 0 atom stereocenters. The van der Waals surface area contributed by atoms with Gasteiger partial charge < -0.3 is 14.6 Å². The standard InChI is InChI=1S/C14H19N3O4/c1-9(2)8-20-4-5-21-12-10-7-16-17(3)13(10)15-6-11(12)14(18)19/h6-7,9H,4-5,8H2,1-3H3,(H,18,19). The average molecular weight is 293 g/mol. The van der Waals surface area contributed by atoms with Crippen molar-refractivity contribution in [3.63, 3.8) is 0 Å². The van der Waals surface area contributed by atoms with Crippen LogP contribution in [0.5, 0.6) is 5.75 Å². The van der Waals surface area contributed by atoms with Crippen LogP contribution in [0.15, 0.2) is 12.4 Å². The minimum atomic E-state index is -1.08. The molecule has 0 unspecified atom stereocenters. The Labute approximate surface area is 122 Å². The number of ether oxygens (including phenoxy) is 2. The second-order valence-electron chi connectivity index (χ2n) is 5.13. The average Bonchev–Trinajstić information content (AvgIpc) is 2.80. The Morgan fingerprint density at radius 3 is 2.81 bits per heavy atom. The Morgan fingerprint density at radius 2 is 2.14 bits per heavy atom. The van der Waals surface area contributed by atoms with E-state index in [9.17, 15) is 9.90 Å². The van der Waals surface area contributed by atoms with Crippen LogP contribution in [0.25, 0.3) is 11.0 Å². The first kappa shape index (κ1) is 15.2. The molecular formula is C14H19N3O4. The summed E-state index contributed by atoms with van der Waals surface area (Å²) in [5.74, 6) is -0.342. The van der Waals surface area contributed by atoms with E-state index < -0.39 is 5.97 Å². The van der Waals surface area contributed by atoms with Gasteiger partial charge in [-0.2, -0.15) is 5.10 Å². The minimum absolute atomic E-state index is 0.0272. The van der Waals surface area contributed by atoms with Gasteiger partial charge in [-0.15, -0.1) is 0 Å². The van der Waals surface area contributed by atoms with Crippen LogP contribution in [0.1, 0.15) is 24.2 Å². The molecule has 0 aliphatic rings. The van der Waals surface area contributed by atoms with Crippen molar-refractivity contribution in [1.29, 1.82) is 0 Å². The molecule has 0 fully saturated rings. The van der Waals surface area contributed by atoms with Gasteiger partial charge >= 0.3 is 5.97 Å². The molecule has 7 heteroatoms. The van der Waals surface area contributed by atoms with Crippen LogP contribution in [-0.4, -0.2) is 45.7 Å². The number of hydrogen-bond acceptors (Lipinski definition) is 5. The molecule has 2 aromatic heterocycles. The Bertz CT molecular complexity index is 636. The molecular weight excluding hydrogens is 274 g/mol. The van der Waals surface area contributed by atoms with Crippen molar-refractivity contribution in [3.8, 4) is 5.75 Å². The van der Waals surface area contributed by atoms with E-state index in [0.717, 1.165) is 0 Å². The number of aryl methyl sites for hydroxylation is 1. The molecule has 2 rings (SSSR count). The Balaban J connectivity index is 2.16. The van der Waals surface area contributed by atoms with E-state index in [2.05, 4.69) is 23.9 Å². The van der Waals surface area contributed by atoms with Gasteiger partial charge in [0.1, 0.15) is 17.9 Å². The van der Waals surface area contributed by atoms with Crippen LogP contribution >= 0.6 is 0 Å². The molecule has 21 heavy (non-hydrogen) atoms. The van der Waals surface area contributed by atoms with Gasteiger partial charge in [0, 0.05) is 19.9 Å². The summed E-state index contributed by atoms with van der Waals surface area (Å²) in [5.41, 5.74) is 0.609. The lowest BCUT2D eigenvalue weighted by molar-refractivity contribution is 0.0678. The maximum absolute atomic E-state index is 11.3. The molecule has 0 spiro atoms. The highest BCUT2D eigenvalue weighted by molar-refractivity contribution is 5.97. The number of carboxylic acid groups (broad SMARTS) is 1. The molecule has 0 amide bonds. The molecule has 0 aliphatic carbocycles. The van der Waals surface area contributed by atoms with Crippen LogP contribution in [-0.2, 0) is 11.8 Å². The van der Waals surface area contributed by atoms with Crippen molar-refractivity contribution >= 4 is 17.0 Å². The van der Waals surface area contributed by atoms with E-state index in [1.165, 1.54) is 6.20 Å². The van der Waals surface area contributed by atoms with E-state index >= 15 is 0 Å². The highest BCUT2D eigenvalue weighted by Crippen LogP contribution is 2.28. The van der Waals surface area contributed by atoms with E-state index in [4.69, 9.17) is 9.47 Å². The molecule has 0 radical (unpaired) electrons. The number of aromatic carboxylic acids is 1. The molecule has 2 heterocycles. The molecule has 7 nitrogen and oxygen atoms in total. The number of nitrogens with zero attached hydrogens (tertiary/aromatic N) is 3. The molecule has 0 aliphatic heterocycles. The van der Waals surface area contributed by atoms with Gasteiger partial charge in [0.25, 0.3) is 0 Å². The first-order valence-electron chi connectivity index (χ1n) is 6.75. The minimum Gasteiger partial charge on any atom is -0.489 e.